The van der Waals surface area contributed by atoms with Crippen LogP contribution in [0.1, 0.15) is 47.4 Å². The highest BCUT2D eigenvalue weighted by Crippen LogP contribution is 2.21. The fraction of sp³-hybridized carbons (Fsp3) is 0.529. The first-order valence-corrected chi connectivity index (χ1v) is 7.88. The van der Waals surface area contributed by atoms with E-state index in [1.54, 1.807) is 36.1 Å². The Labute approximate surface area is 131 Å². The van der Waals surface area contributed by atoms with Crippen LogP contribution in [0.2, 0.25) is 0 Å². The van der Waals surface area contributed by atoms with E-state index < -0.39 is 6.10 Å². The van der Waals surface area contributed by atoms with Crippen molar-refractivity contribution in [3.63, 3.8) is 0 Å². The molecule has 0 aromatic heterocycles. The summed E-state index contributed by atoms with van der Waals surface area (Å²) in [4.78, 5) is 26.2. The summed E-state index contributed by atoms with van der Waals surface area (Å²) in [5, 5.41) is 12.4. The van der Waals surface area contributed by atoms with Crippen LogP contribution in [0.5, 0.6) is 0 Å². The summed E-state index contributed by atoms with van der Waals surface area (Å²) in [5.41, 5.74) is 1.03. The second-order valence-corrected chi connectivity index (χ2v) is 5.88. The van der Waals surface area contributed by atoms with Crippen LogP contribution in [0.3, 0.4) is 0 Å². The smallest absolute Gasteiger partial charge is 0.253 e. The molecule has 1 aliphatic heterocycles. The van der Waals surface area contributed by atoms with Crippen molar-refractivity contribution in [3.8, 4) is 0 Å². The summed E-state index contributed by atoms with van der Waals surface area (Å²) in [7, 11) is 0. The van der Waals surface area contributed by atoms with Crippen LogP contribution in [0.15, 0.2) is 24.3 Å². The minimum absolute atomic E-state index is 0.0757. The topological polar surface area (TPSA) is 69.6 Å². The number of carbonyl (C=O) groups is 2. The van der Waals surface area contributed by atoms with E-state index in [9.17, 15) is 14.7 Å². The lowest BCUT2D eigenvalue weighted by molar-refractivity contribution is 0.0762. The summed E-state index contributed by atoms with van der Waals surface area (Å²) in [6.45, 7) is 5.60. The van der Waals surface area contributed by atoms with Gasteiger partial charge in [-0.1, -0.05) is 13.0 Å². The minimum atomic E-state index is -0.399. The summed E-state index contributed by atoms with van der Waals surface area (Å²) in [5.74, 6) is -0.0898. The van der Waals surface area contributed by atoms with Gasteiger partial charge in [0.15, 0.2) is 0 Å². The van der Waals surface area contributed by atoms with Gasteiger partial charge in [0.05, 0.1) is 6.10 Å². The number of aliphatic hydroxyl groups is 1. The number of nitrogens with one attached hydrogen (secondary N) is 1. The molecule has 0 spiro atoms. The fourth-order valence-corrected chi connectivity index (χ4v) is 2.68. The number of nitrogens with zero attached hydrogens (tertiary/aromatic N) is 1. The molecule has 0 saturated carbocycles. The third-order valence-corrected chi connectivity index (χ3v) is 4.10. The molecule has 2 amide bonds. The molecule has 5 heteroatoms. The molecule has 2 N–H and O–H groups in total. The number of aliphatic hydroxyl groups excluding tert-OH is 1. The number of hydrogen-bond acceptors (Lipinski definition) is 3. The Balaban J connectivity index is 2.06. The van der Waals surface area contributed by atoms with E-state index in [1.807, 2.05) is 6.92 Å². The second kappa shape index (κ2) is 7.40. The Kier molecular flexibility index (Phi) is 5.55. The predicted molar refractivity (Wildman–Crippen MR) is 84.8 cm³/mol. The Morgan fingerprint density at radius 3 is 2.77 bits per heavy atom. The van der Waals surface area contributed by atoms with Gasteiger partial charge in [-0.05, 0) is 38.0 Å². The van der Waals surface area contributed by atoms with Gasteiger partial charge in [0.25, 0.3) is 11.8 Å². The molecule has 120 valence electrons. The molecular weight excluding hydrogens is 280 g/mol. The number of hydrogen-bond donors (Lipinski definition) is 2. The van der Waals surface area contributed by atoms with Gasteiger partial charge in [0.1, 0.15) is 0 Å². The van der Waals surface area contributed by atoms with Crippen molar-refractivity contribution in [1.29, 1.82) is 0 Å². The van der Waals surface area contributed by atoms with E-state index in [1.165, 1.54) is 0 Å². The van der Waals surface area contributed by atoms with Crippen LogP contribution in [0.25, 0.3) is 0 Å². The quantitative estimate of drug-likeness (QED) is 0.869. The van der Waals surface area contributed by atoms with Gasteiger partial charge in [-0.25, -0.2) is 0 Å². The third kappa shape index (κ3) is 3.85. The van der Waals surface area contributed by atoms with Crippen LogP contribution >= 0.6 is 0 Å². The van der Waals surface area contributed by atoms with E-state index in [0.29, 0.717) is 30.8 Å². The lowest BCUT2D eigenvalue weighted by atomic mass is 10.0. The van der Waals surface area contributed by atoms with Gasteiger partial charge < -0.3 is 15.3 Å². The molecule has 0 bridgehead atoms. The molecule has 5 nitrogen and oxygen atoms in total. The molecular formula is C17H24N2O3. The Morgan fingerprint density at radius 1 is 1.41 bits per heavy atom. The van der Waals surface area contributed by atoms with Crippen molar-refractivity contribution in [2.75, 3.05) is 19.6 Å². The van der Waals surface area contributed by atoms with Crippen LogP contribution in [0.4, 0.5) is 0 Å². The SMILES string of the molecule is CCCNC(=O)c1cccc(C(=O)N2CCC(C(C)O)C2)c1. The van der Waals surface area contributed by atoms with Crippen molar-refractivity contribution >= 4 is 11.8 Å². The molecule has 1 aromatic carbocycles. The predicted octanol–water partition coefficient (Wildman–Crippen LogP) is 1.67. The van der Waals surface area contributed by atoms with Gasteiger partial charge in [-0.15, -0.1) is 0 Å². The highest BCUT2D eigenvalue weighted by Gasteiger charge is 2.29. The lowest BCUT2D eigenvalue weighted by Gasteiger charge is -2.18. The standard InChI is InChI=1S/C17H24N2O3/c1-3-8-18-16(21)13-5-4-6-14(10-13)17(22)19-9-7-15(11-19)12(2)20/h4-6,10,12,15,20H,3,7-9,11H2,1-2H3,(H,18,21). The highest BCUT2D eigenvalue weighted by atomic mass is 16.3. The van der Waals surface area contributed by atoms with E-state index in [4.69, 9.17) is 0 Å². The Hall–Kier alpha value is -1.88. The maximum absolute atomic E-state index is 12.5. The van der Waals surface area contributed by atoms with Crippen LogP contribution in [-0.4, -0.2) is 47.6 Å². The average Bonchev–Trinajstić information content (AvgIpc) is 3.02. The first kappa shape index (κ1) is 16.5. The van der Waals surface area contributed by atoms with Gasteiger partial charge in [-0.3, -0.25) is 9.59 Å². The van der Waals surface area contributed by atoms with Crippen molar-refractivity contribution in [3.05, 3.63) is 35.4 Å². The molecule has 1 aromatic rings. The molecule has 2 unspecified atom stereocenters. The lowest BCUT2D eigenvalue weighted by Crippen LogP contribution is -2.31. The Bertz CT molecular complexity index is 542. The molecule has 1 saturated heterocycles. The number of carbonyl (C=O) groups excluding carboxylic acids is 2. The molecule has 0 radical (unpaired) electrons. The van der Waals surface area contributed by atoms with Gasteiger partial charge >= 0.3 is 0 Å². The van der Waals surface area contributed by atoms with Gasteiger partial charge in [0, 0.05) is 36.7 Å². The van der Waals surface area contributed by atoms with Crippen molar-refractivity contribution in [2.24, 2.45) is 5.92 Å². The number of amides is 2. The van der Waals surface area contributed by atoms with E-state index in [0.717, 1.165) is 12.8 Å². The fourth-order valence-electron chi connectivity index (χ4n) is 2.68. The molecule has 1 heterocycles. The van der Waals surface area contributed by atoms with E-state index in [-0.39, 0.29) is 17.7 Å². The molecule has 22 heavy (non-hydrogen) atoms. The summed E-state index contributed by atoms with van der Waals surface area (Å²) >= 11 is 0. The first-order chi connectivity index (χ1) is 10.5. The Morgan fingerprint density at radius 2 is 2.14 bits per heavy atom. The number of benzene rings is 1. The van der Waals surface area contributed by atoms with Gasteiger partial charge in [-0.2, -0.15) is 0 Å². The third-order valence-electron chi connectivity index (χ3n) is 4.10. The maximum atomic E-state index is 12.5. The molecule has 1 aliphatic rings. The normalized spacial score (nSPS) is 19.0. The zero-order valence-electron chi connectivity index (χ0n) is 13.2. The summed E-state index contributed by atoms with van der Waals surface area (Å²) in [6, 6.07) is 6.82. The van der Waals surface area contributed by atoms with E-state index >= 15 is 0 Å². The average molecular weight is 304 g/mol. The molecule has 0 aliphatic carbocycles. The van der Waals surface area contributed by atoms with Crippen LogP contribution < -0.4 is 5.32 Å². The zero-order valence-corrected chi connectivity index (χ0v) is 13.2. The van der Waals surface area contributed by atoms with Crippen LogP contribution in [0, 0.1) is 5.92 Å². The summed E-state index contributed by atoms with van der Waals surface area (Å²) in [6.07, 6.45) is 1.29. The zero-order chi connectivity index (χ0) is 16.1. The van der Waals surface area contributed by atoms with Gasteiger partial charge in [0.2, 0.25) is 0 Å². The summed E-state index contributed by atoms with van der Waals surface area (Å²) < 4.78 is 0. The minimum Gasteiger partial charge on any atom is -0.393 e. The van der Waals surface area contributed by atoms with Crippen LogP contribution in [-0.2, 0) is 0 Å². The largest absolute Gasteiger partial charge is 0.393 e. The number of likely N-dealkylation sites (tertiary alicyclic amines) is 1. The molecule has 1 fully saturated rings. The molecule has 2 atom stereocenters. The van der Waals surface area contributed by atoms with E-state index in [2.05, 4.69) is 5.32 Å². The molecule has 2 rings (SSSR count). The second-order valence-electron chi connectivity index (χ2n) is 5.88. The first-order valence-electron chi connectivity index (χ1n) is 7.88. The highest BCUT2D eigenvalue weighted by molar-refractivity contribution is 5.99. The maximum Gasteiger partial charge on any atom is 0.253 e. The monoisotopic (exact) mass is 304 g/mol. The van der Waals surface area contributed by atoms with Crippen molar-refractivity contribution in [1.82, 2.24) is 10.2 Å². The van der Waals surface area contributed by atoms with Crippen molar-refractivity contribution in [2.45, 2.75) is 32.8 Å². The number of rotatable bonds is 5. The van der Waals surface area contributed by atoms with Crippen molar-refractivity contribution < 1.29 is 14.7 Å².